The molecule has 1 fully saturated rings. The van der Waals surface area contributed by atoms with E-state index in [0.29, 0.717) is 11.6 Å². The quantitative estimate of drug-likeness (QED) is 0.751. The lowest BCUT2D eigenvalue weighted by atomic mass is 10.5. The predicted molar refractivity (Wildman–Crippen MR) is 67.5 cm³/mol. The van der Waals surface area contributed by atoms with E-state index in [0.717, 1.165) is 0 Å². The number of carboxylic acid groups (broad SMARTS) is 1. The molecule has 2 rings (SSSR count). The number of aromatic nitrogens is 2. The summed E-state index contributed by atoms with van der Waals surface area (Å²) >= 11 is 1.46. The Bertz CT molecular complexity index is 515. The van der Waals surface area contributed by atoms with Gasteiger partial charge in [-0.25, -0.2) is 0 Å². The zero-order chi connectivity index (χ0) is 13.8. The first kappa shape index (κ1) is 13.4. The van der Waals surface area contributed by atoms with E-state index in [1.807, 2.05) is 0 Å². The Hall–Kier alpha value is -2.03. The van der Waals surface area contributed by atoms with Crippen LogP contribution in [-0.4, -0.2) is 55.7 Å². The fourth-order valence-electron chi connectivity index (χ4n) is 1.55. The third-order valence-corrected chi connectivity index (χ3v) is 3.31. The molecule has 1 saturated heterocycles. The maximum atomic E-state index is 11.7. The van der Waals surface area contributed by atoms with Gasteiger partial charge in [-0.1, -0.05) is 0 Å². The second kappa shape index (κ2) is 5.74. The zero-order valence-electron chi connectivity index (χ0n) is 9.90. The van der Waals surface area contributed by atoms with E-state index in [-0.39, 0.29) is 30.7 Å². The molecule has 0 spiro atoms. The molecule has 1 aliphatic rings. The maximum Gasteiger partial charge on any atom is 0.325 e. The lowest BCUT2D eigenvalue weighted by Gasteiger charge is -2.13. The van der Waals surface area contributed by atoms with Gasteiger partial charge in [0.25, 0.3) is 0 Å². The van der Waals surface area contributed by atoms with Crippen LogP contribution in [0.4, 0.5) is 5.82 Å². The van der Waals surface area contributed by atoms with Crippen molar-refractivity contribution in [1.82, 2.24) is 14.7 Å². The number of anilines is 1. The fraction of sp³-hybridized carbons (Fsp3) is 0.400. The molecule has 1 aliphatic heterocycles. The highest BCUT2D eigenvalue weighted by atomic mass is 32.2. The number of hydrogen-bond acceptors (Lipinski definition) is 5. The van der Waals surface area contributed by atoms with Gasteiger partial charge in [0.2, 0.25) is 11.8 Å². The minimum atomic E-state index is -1.01. The van der Waals surface area contributed by atoms with Gasteiger partial charge in [-0.15, -0.1) is 11.8 Å². The zero-order valence-corrected chi connectivity index (χ0v) is 10.7. The molecule has 9 heteroatoms. The Morgan fingerprint density at radius 2 is 2.26 bits per heavy atom. The largest absolute Gasteiger partial charge is 0.480 e. The van der Waals surface area contributed by atoms with E-state index >= 15 is 0 Å². The molecular formula is C10H12N4O4S. The van der Waals surface area contributed by atoms with Gasteiger partial charge in [-0.05, 0) is 0 Å². The molecule has 2 N–H and O–H groups in total. The lowest BCUT2D eigenvalue weighted by molar-refractivity contribution is -0.137. The van der Waals surface area contributed by atoms with Gasteiger partial charge in [0.05, 0.1) is 11.6 Å². The number of rotatable bonds is 5. The molecule has 2 heterocycles. The molecule has 0 saturated carbocycles. The minimum Gasteiger partial charge on any atom is -0.480 e. The molecule has 8 nitrogen and oxygen atoms in total. The summed E-state index contributed by atoms with van der Waals surface area (Å²) in [5.41, 5.74) is 0. The van der Waals surface area contributed by atoms with Crippen molar-refractivity contribution in [2.45, 2.75) is 6.54 Å². The van der Waals surface area contributed by atoms with Crippen molar-refractivity contribution in [3.05, 3.63) is 12.3 Å². The van der Waals surface area contributed by atoms with Gasteiger partial charge in [-0.2, -0.15) is 5.10 Å². The van der Waals surface area contributed by atoms with Crippen LogP contribution >= 0.6 is 11.8 Å². The third kappa shape index (κ3) is 3.71. The van der Waals surface area contributed by atoms with Crippen molar-refractivity contribution in [2.75, 3.05) is 23.5 Å². The number of aliphatic carboxylic acids is 1. The molecule has 0 aliphatic carbocycles. The average Bonchev–Trinajstić information content (AvgIpc) is 2.89. The van der Waals surface area contributed by atoms with Crippen molar-refractivity contribution in [3.63, 3.8) is 0 Å². The van der Waals surface area contributed by atoms with E-state index in [9.17, 15) is 14.4 Å². The van der Waals surface area contributed by atoms with Crippen LogP contribution in [-0.2, 0) is 20.9 Å². The summed E-state index contributed by atoms with van der Waals surface area (Å²) in [6.45, 7) is -0.283. The Labute approximate surface area is 112 Å². The van der Waals surface area contributed by atoms with Crippen molar-refractivity contribution in [1.29, 1.82) is 0 Å². The summed E-state index contributed by atoms with van der Waals surface area (Å²) in [4.78, 5) is 34.9. The first-order valence-electron chi connectivity index (χ1n) is 5.45. The Morgan fingerprint density at radius 3 is 2.89 bits per heavy atom. The lowest BCUT2D eigenvalue weighted by Crippen LogP contribution is -2.34. The van der Waals surface area contributed by atoms with Crippen LogP contribution < -0.4 is 5.32 Å². The molecule has 0 unspecified atom stereocenters. The first-order chi connectivity index (χ1) is 9.04. The van der Waals surface area contributed by atoms with Crippen molar-refractivity contribution >= 4 is 35.4 Å². The van der Waals surface area contributed by atoms with Crippen LogP contribution in [0.1, 0.15) is 0 Å². The molecule has 102 valence electrons. The molecule has 0 atom stereocenters. The van der Waals surface area contributed by atoms with E-state index in [4.69, 9.17) is 5.11 Å². The normalized spacial score (nSPS) is 14.7. The number of carboxylic acids is 1. The number of hydrogen-bond donors (Lipinski definition) is 2. The molecule has 1 aromatic rings. The van der Waals surface area contributed by atoms with Gasteiger partial charge in [0.15, 0.2) is 5.82 Å². The highest BCUT2D eigenvalue weighted by Crippen LogP contribution is 2.14. The monoisotopic (exact) mass is 284 g/mol. The maximum absolute atomic E-state index is 11.7. The number of carbonyl (C=O) groups excluding carboxylic acids is 2. The highest BCUT2D eigenvalue weighted by Gasteiger charge is 2.23. The minimum absolute atomic E-state index is 0.0162. The number of amides is 2. The van der Waals surface area contributed by atoms with Crippen molar-refractivity contribution < 1.29 is 19.5 Å². The number of nitrogens with zero attached hydrogens (tertiary/aromatic N) is 3. The molecular weight excluding hydrogens is 272 g/mol. The van der Waals surface area contributed by atoms with Crippen LogP contribution in [0.3, 0.4) is 0 Å². The van der Waals surface area contributed by atoms with Gasteiger partial charge in [0, 0.05) is 12.3 Å². The summed E-state index contributed by atoms with van der Waals surface area (Å²) in [5, 5.41) is 15.0. The second-order valence-electron chi connectivity index (χ2n) is 3.91. The summed E-state index contributed by atoms with van der Waals surface area (Å²) in [7, 11) is 0. The Kier molecular flexibility index (Phi) is 4.05. The van der Waals surface area contributed by atoms with Crippen LogP contribution in [0.5, 0.6) is 0 Å². The molecule has 1 aromatic heterocycles. The Morgan fingerprint density at radius 1 is 1.47 bits per heavy atom. The number of thioether (sulfide) groups is 1. The van der Waals surface area contributed by atoms with Gasteiger partial charge in [0.1, 0.15) is 13.1 Å². The van der Waals surface area contributed by atoms with Gasteiger partial charge >= 0.3 is 5.97 Å². The van der Waals surface area contributed by atoms with Gasteiger partial charge < -0.3 is 15.3 Å². The fourth-order valence-corrected chi connectivity index (χ4v) is 2.46. The van der Waals surface area contributed by atoms with E-state index in [2.05, 4.69) is 10.4 Å². The first-order valence-corrected chi connectivity index (χ1v) is 6.60. The van der Waals surface area contributed by atoms with E-state index in [1.165, 1.54) is 33.6 Å². The Balaban J connectivity index is 1.86. The van der Waals surface area contributed by atoms with Crippen molar-refractivity contribution in [3.8, 4) is 0 Å². The smallest absolute Gasteiger partial charge is 0.325 e. The van der Waals surface area contributed by atoms with E-state index in [1.54, 1.807) is 0 Å². The SMILES string of the molecule is O=C(O)Cn1ccc(NC(=O)CN2CSCC2=O)n1. The molecule has 19 heavy (non-hydrogen) atoms. The van der Waals surface area contributed by atoms with Crippen LogP contribution in [0.15, 0.2) is 12.3 Å². The summed E-state index contributed by atoms with van der Waals surface area (Å²) < 4.78 is 1.20. The number of nitrogens with one attached hydrogen (secondary N) is 1. The second-order valence-corrected chi connectivity index (χ2v) is 4.86. The van der Waals surface area contributed by atoms with Crippen molar-refractivity contribution in [2.24, 2.45) is 0 Å². The molecule has 0 aromatic carbocycles. The predicted octanol–water partition coefficient (Wildman–Crippen LogP) is -0.561. The molecule has 0 radical (unpaired) electrons. The molecule has 0 bridgehead atoms. The van der Waals surface area contributed by atoms with Gasteiger partial charge in [-0.3, -0.25) is 19.1 Å². The van der Waals surface area contributed by atoms with E-state index < -0.39 is 5.97 Å². The topological polar surface area (TPSA) is 105 Å². The van der Waals surface area contributed by atoms with Crippen LogP contribution in [0.25, 0.3) is 0 Å². The summed E-state index contributed by atoms with van der Waals surface area (Å²) in [6.07, 6.45) is 1.46. The van der Waals surface area contributed by atoms with Crippen LogP contribution in [0.2, 0.25) is 0 Å². The molecule has 2 amide bonds. The highest BCUT2D eigenvalue weighted by molar-refractivity contribution is 8.00. The standard InChI is InChI=1S/C10H12N4O4S/c15-8(3-13-6-19-5-9(13)16)11-7-1-2-14(12-7)4-10(17)18/h1-2H,3-6H2,(H,17,18)(H,11,12,15). The average molecular weight is 284 g/mol. The number of carbonyl (C=O) groups is 3. The summed E-state index contributed by atoms with van der Waals surface area (Å²) in [5.74, 6) is -0.237. The van der Waals surface area contributed by atoms with Crippen LogP contribution in [0, 0.1) is 0 Å². The summed E-state index contributed by atoms with van der Waals surface area (Å²) in [6, 6.07) is 1.50. The third-order valence-electron chi connectivity index (χ3n) is 2.37.